The number of carbonyl (C=O) groups is 1. The van der Waals surface area contributed by atoms with Gasteiger partial charge in [-0.2, -0.15) is 0 Å². The minimum atomic E-state index is -0.0545. The molecule has 6 heteroatoms. The molecule has 1 aliphatic heterocycles. The van der Waals surface area contributed by atoms with E-state index in [1.165, 1.54) is 0 Å². The van der Waals surface area contributed by atoms with Crippen LogP contribution in [0.1, 0.15) is 16.8 Å². The van der Waals surface area contributed by atoms with Crippen molar-refractivity contribution in [1.29, 1.82) is 0 Å². The summed E-state index contributed by atoms with van der Waals surface area (Å²) in [5.74, 6) is 0.509. The van der Waals surface area contributed by atoms with Gasteiger partial charge in [0.15, 0.2) is 5.58 Å². The maximum absolute atomic E-state index is 12.3. The van der Waals surface area contributed by atoms with Crippen LogP contribution in [0.4, 0.5) is 0 Å². The van der Waals surface area contributed by atoms with Gasteiger partial charge in [0.1, 0.15) is 5.52 Å². The number of para-hydroxylation sites is 2. The number of ether oxygens (including phenoxy) is 1. The number of morpholine rings is 1. The number of hydrogen-bond donors (Lipinski definition) is 1. The van der Waals surface area contributed by atoms with Gasteiger partial charge in [0, 0.05) is 30.8 Å². The summed E-state index contributed by atoms with van der Waals surface area (Å²) in [6.45, 7) is 5.22. The Labute approximate surface area is 158 Å². The van der Waals surface area contributed by atoms with Gasteiger partial charge in [0.2, 0.25) is 5.89 Å². The molecule has 0 aliphatic carbocycles. The number of hydrogen-bond acceptors (Lipinski definition) is 5. The SMILES string of the molecule is O=C(NCCCN1CCOCC1)c1ccc(-c2nc3ccccc3o2)cc1. The molecule has 0 bridgehead atoms. The lowest BCUT2D eigenvalue weighted by Gasteiger charge is -2.26. The summed E-state index contributed by atoms with van der Waals surface area (Å²) in [6.07, 6.45) is 0.937. The van der Waals surface area contributed by atoms with Gasteiger partial charge in [-0.1, -0.05) is 12.1 Å². The number of nitrogens with one attached hydrogen (secondary N) is 1. The monoisotopic (exact) mass is 365 g/mol. The molecule has 3 aromatic rings. The average molecular weight is 365 g/mol. The molecular weight excluding hydrogens is 342 g/mol. The number of rotatable bonds is 6. The molecule has 6 nitrogen and oxygen atoms in total. The van der Waals surface area contributed by atoms with Gasteiger partial charge in [-0.3, -0.25) is 9.69 Å². The van der Waals surface area contributed by atoms with E-state index in [1.807, 2.05) is 48.5 Å². The quantitative estimate of drug-likeness (QED) is 0.680. The van der Waals surface area contributed by atoms with Gasteiger partial charge in [0.25, 0.3) is 5.91 Å². The van der Waals surface area contributed by atoms with E-state index in [2.05, 4.69) is 15.2 Å². The first kappa shape index (κ1) is 17.7. The van der Waals surface area contributed by atoms with E-state index < -0.39 is 0 Å². The van der Waals surface area contributed by atoms with Gasteiger partial charge in [-0.05, 0) is 49.4 Å². The molecular formula is C21H23N3O3. The standard InChI is InChI=1S/C21H23N3O3/c25-20(22-10-3-11-24-12-14-26-15-13-24)16-6-8-17(9-7-16)21-23-18-4-1-2-5-19(18)27-21/h1-2,4-9H,3,10-15H2,(H,22,25). The lowest BCUT2D eigenvalue weighted by molar-refractivity contribution is 0.0374. The Bertz CT molecular complexity index is 865. The van der Waals surface area contributed by atoms with Crippen molar-refractivity contribution in [2.24, 2.45) is 0 Å². The Kier molecular flexibility index (Phi) is 5.46. The van der Waals surface area contributed by atoms with Crippen LogP contribution in [0.3, 0.4) is 0 Å². The first-order valence-corrected chi connectivity index (χ1v) is 9.34. The number of fused-ring (bicyclic) bond motifs is 1. The van der Waals surface area contributed by atoms with E-state index in [4.69, 9.17) is 9.15 Å². The third-order valence-corrected chi connectivity index (χ3v) is 4.73. The predicted octanol–water partition coefficient (Wildman–Crippen LogP) is 2.95. The van der Waals surface area contributed by atoms with Crippen LogP contribution in [0, 0.1) is 0 Å². The van der Waals surface area contributed by atoms with Crippen LogP contribution in [-0.4, -0.2) is 55.2 Å². The van der Waals surface area contributed by atoms with Crippen molar-refractivity contribution in [3.05, 3.63) is 54.1 Å². The number of aromatic nitrogens is 1. The Morgan fingerprint density at radius 2 is 1.85 bits per heavy atom. The van der Waals surface area contributed by atoms with Crippen LogP contribution >= 0.6 is 0 Å². The largest absolute Gasteiger partial charge is 0.436 e. The lowest BCUT2D eigenvalue weighted by Crippen LogP contribution is -2.38. The Morgan fingerprint density at radius 1 is 1.07 bits per heavy atom. The fourth-order valence-electron chi connectivity index (χ4n) is 3.19. The molecule has 1 saturated heterocycles. The van der Waals surface area contributed by atoms with E-state index in [0.717, 1.165) is 55.9 Å². The maximum atomic E-state index is 12.3. The molecule has 140 valence electrons. The van der Waals surface area contributed by atoms with Crippen molar-refractivity contribution in [3.63, 3.8) is 0 Å². The zero-order chi connectivity index (χ0) is 18.5. The molecule has 0 spiro atoms. The summed E-state index contributed by atoms with van der Waals surface area (Å²) in [5, 5.41) is 2.98. The molecule has 2 heterocycles. The number of amides is 1. The molecule has 1 amide bonds. The highest BCUT2D eigenvalue weighted by atomic mass is 16.5. The lowest BCUT2D eigenvalue weighted by atomic mass is 10.1. The summed E-state index contributed by atoms with van der Waals surface area (Å²) < 4.78 is 11.1. The Hall–Kier alpha value is -2.70. The normalized spacial score (nSPS) is 15.1. The first-order valence-electron chi connectivity index (χ1n) is 9.34. The molecule has 0 unspecified atom stereocenters. The van der Waals surface area contributed by atoms with E-state index in [0.29, 0.717) is 18.0 Å². The van der Waals surface area contributed by atoms with Gasteiger partial charge in [-0.25, -0.2) is 4.98 Å². The van der Waals surface area contributed by atoms with E-state index >= 15 is 0 Å². The fraction of sp³-hybridized carbons (Fsp3) is 0.333. The van der Waals surface area contributed by atoms with Crippen LogP contribution < -0.4 is 5.32 Å². The van der Waals surface area contributed by atoms with Crippen LogP contribution in [0.2, 0.25) is 0 Å². The van der Waals surface area contributed by atoms with Crippen LogP contribution in [-0.2, 0) is 4.74 Å². The minimum Gasteiger partial charge on any atom is -0.436 e. The highest BCUT2D eigenvalue weighted by Gasteiger charge is 2.11. The zero-order valence-corrected chi connectivity index (χ0v) is 15.2. The number of benzene rings is 2. The molecule has 0 atom stereocenters. The van der Waals surface area contributed by atoms with E-state index in [9.17, 15) is 4.79 Å². The van der Waals surface area contributed by atoms with Gasteiger partial charge >= 0.3 is 0 Å². The fourth-order valence-corrected chi connectivity index (χ4v) is 3.19. The second-order valence-electron chi connectivity index (χ2n) is 6.63. The molecule has 2 aromatic carbocycles. The topological polar surface area (TPSA) is 67.6 Å². The molecule has 1 aromatic heterocycles. The maximum Gasteiger partial charge on any atom is 0.251 e. The molecule has 1 N–H and O–H groups in total. The summed E-state index contributed by atoms with van der Waals surface area (Å²) in [7, 11) is 0. The average Bonchev–Trinajstić information content (AvgIpc) is 3.16. The summed E-state index contributed by atoms with van der Waals surface area (Å²) in [4.78, 5) is 19.1. The highest BCUT2D eigenvalue weighted by molar-refractivity contribution is 5.94. The summed E-state index contributed by atoms with van der Waals surface area (Å²) >= 11 is 0. The zero-order valence-electron chi connectivity index (χ0n) is 15.2. The number of carbonyl (C=O) groups excluding carboxylic acids is 1. The van der Waals surface area contributed by atoms with Crippen molar-refractivity contribution in [2.75, 3.05) is 39.4 Å². The molecule has 1 fully saturated rings. The molecule has 1 aliphatic rings. The number of nitrogens with zero attached hydrogens (tertiary/aromatic N) is 2. The Balaban J connectivity index is 1.30. The summed E-state index contributed by atoms with van der Waals surface area (Å²) in [5.41, 5.74) is 3.08. The van der Waals surface area contributed by atoms with Crippen molar-refractivity contribution < 1.29 is 13.9 Å². The van der Waals surface area contributed by atoms with E-state index in [1.54, 1.807) is 0 Å². The van der Waals surface area contributed by atoms with Crippen LogP contribution in [0.5, 0.6) is 0 Å². The molecule has 0 radical (unpaired) electrons. The predicted molar refractivity (Wildman–Crippen MR) is 104 cm³/mol. The smallest absolute Gasteiger partial charge is 0.251 e. The highest BCUT2D eigenvalue weighted by Crippen LogP contribution is 2.24. The number of oxazole rings is 1. The van der Waals surface area contributed by atoms with Crippen LogP contribution in [0.15, 0.2) is 52.9 Å². The molecule has 4 rings (SSSR count). The first-order chi connectivity index (χ1) is 13.3. The van der Waals surface area contributed by atoms with Crippen molar-refractivity contribution in [2.45, 2.75) is 6.42 Å². The van der Waals surface area contributed by atoms with Gasteiger partial charge in [0.05, 0.1) is 13.2 Å². The van der Waals surface area contributed by atoms with Crippen molar-refractivity contribution >= 4 is 17.0 Å². The second-order valence-corrected chi connectivity index (χ2v) is 6.63. The Morgan fingerprint density at radius 3 is 2.63 bits per heavy atom. The molecule has 0 saturated carbocycles. The second kappa shape index (κ2) is 8.33. The van der Waals surface area contributed by atoms with Crippen molar-refractivity contribution in [1.82, 2.24) is 15.2 Å². The van der Waals surface area contributed by atoms with Gasteiger partial charge in [-0.15, -0.1) is 0 Å². The van der Waals surface area contributed by atoms with Crippen LogP contribution in [0.25, 0.3) is 22.6 Å². The molecule has 27 heavy (non-hydrogen) atoms. The third kappa shape index (κ3) is 4.35. The minimum absolute atomic E-state index is 0.0545. The van der Waals surface area contributed by atoms with Gasteiger partial charge < -0.3 is 14.5 Å². The third-order valence-electron chi connectivity index (χ3n) is 4.73. The van der Waals surface area contributed by atoms with E-state index in [-0.39, 0.29) is 5.91 Å². The van der Waals surface area contributed by atoms with Crippen molar-refractivity contribution in [3.8, 4) is 11.5 Å². The summed E-state index contributed by atoms with van der Waals surface area (Å²) in [6, 6.07) is 15.0.